The largest absolute Gasteiger partial charge is 0.368 e. The highest BCUT2D eigenvalue weighted by atomic mass is 32.1. The summed E-state index contributed by atoms with van der Waals surface area (Å²) in [5.41, 5.74) is 5.02. The molecule has 1 aromatic rings. The zero-order chi connectivity index (χ0) is 12.7. The monoisotopic (exact) mass is 254 g/mol. The van der Waals surface area contributed by atoms with Gasteiger partial charge in [-0.05, 0) is 24.3 Å². The van der Waals surface area contributed by atoms with Crippen LogP contribution >= 0.6 is 11.3 Å². The van der Waals surface area contributed by atoms with Gasteiger partial charge in [-0.3, -0.25) is 10.1 Å². The molecule has 1 unspecified atom stereocenters. The number of nitrogens with one attached hydrogen (secondary N) is 1. The van der Waals surface area contributed by atoms with Crippen molar-refractivity contribution in [1.82, 2.24) is 5.32 Å². The minimum Gasteiger partial charge on any atom is -0.368 e. The van der Waals surface area contributed by atoms with Gasteiger partial charge in [-0.1, -0.05) is 32.8 Å². The second kappa shape index (κ2) is 6.77. The molecule has 0 saturated carbocycles. The highest BCUT2D eigenvalue weighted by molar-refractivity contribution is 7.09. The normalized spacial score (nSPS) is 14.5. The van der Waals surface area contributed by atoms with Crippen molar-refractivity contribution in [2.75, 3.05) is 0 Å². The Kier molecular flexibility index (Phi) is 5.65. The van der Waals surface area contributed by atoms with Crippen molar-refractivity contribution < 1.29 is 4.79 Å². The van der Waals surface area contributed by atoms with Gasteiger partial charge in [0.15, 0.2) is 0 Å². The molecule has 0 aliphatic heterocycles. The van der Waals surface area contributed by atoms with Crippen molar-refractivity contribution in [3.8, 4) is 0 Å². The molecule has 0 spiro atoms. The third-order valence-electron chi connectivity index (χ3n) is 3.21. The van der Waals surface area contributed by atoms with E-state index in [1.165, 1.54) is 4.88 Å². The molecule has 4 heteroatoms. The van der Waals surface area contributed by atoms with Gasteiger partial charge in [0.05, 0.1) is 5.54 Å². The van der Waals surface area contributed by atoms with Crippen LogP contribution in [0, 0.1) is 0 Å². The molecule has 0 bridgehead atoms. The number of carbonyl (C=O) groups excluding carboxylic acids is 1. The van der Waals surface area contributed by atoms with E-state index in [2.05, 4.69) is 18.3 Å². The SMILES string of the molecule is CCCCC(CC)(NCc1cccs1)C(N)=O. The third kappa shape index (κ3) is 3.82. The Balaban J connectivity index is 2.64. The van der Waals surface area contributed by atoms with Gasteiger partial charge in [0.1, 0.15) is 0 Å². The van der Waals surface area contributed by atoms with Gasteiger partial charge in [-0.2, -0.15) is 0 Å². The first kappa shape index (κ1) is 14.2. The highest BCUT2D eigenvalue weighted by Crippen LogP contribution is 2.20. The predicted octanol–water partition coefficient (Wildman–Crippen LogP) is 2.66. The lowest BCUT2D eigenvalue weighted by Gasteiger charge is -2.30. The maximum atomic E-state index is 11.7. The summed E-state index contributed by atoms with van der Waals surface area (Å²) < 4.78 is 0. The van der Waals surface area contributed by atoms with E-state index in [-0.39, 0.29) is 5.91 Å². The van der Waals surface area contributed by atoms with E-state index < -0.39 is 5.54 Å². The van der Waals surface area contributed by atoms with Crippen molar-refractivity contribution in [1.29, 1.82) is 0 Å². The number of amides is 1. The van der Waals surface area contributed by atoms with Crippen LogP contribution in [-0.4, -0.2) is 11.4 Å². The summed E-state index contributed by atoms with van der Waals surface area (Å²) in [5.74, 6) is -0.231. The first-order valence-corrected chi connectivity index (χ1v) is 7.10. The van der Waals surface area contributed by atoms with Gasteiger partial charge in [0.25, 0.3) is 0 Å². The smallest absolute Gasteiger partial charge is 0.237 e. The van der Waals surface area contributed by atoms with Crippen LogP contribution in [0.2, 0.25) is 0 Å². The Morgan fingerprint density at radius 2 is 2.29 bits per heavy atom. The molecule has 0 saturated heterocycles. The molecule has 0 radical (unpaired) electrons. The van der Waals surface area contributed by atoms with E-state index >= 15 is 0 Å². The van der Waals surface area contributed by atoms with E-state index in [1.54, 1.807) is 11.3 Å². The Labute approximate surface area is 107 Å². The average molecular weight is 254 g/mol. The van der Waals surface area contributed by atoms with Crippen molar-refractivity contribution in [2.24, 2.45) is 5.73 Å². The molecule has 3 N–H and O–H groups in total. The summed E-state index contributed by atoms with van der Waals surface area (Å²) in [6, 6.07) is 4.09. The molecule has 1 heterocycles. The van der Waals surface area contributed by atoms with E-state index in [4.69, 9.17) is 5.73 Å². The summed E-state index contributed by atoms with van der Waals surface area (Å²) in [4.78, 5) is 12.9. The molecular formula is C13H22N2OS. The highest BCUT2D eigenvalue weighted by Gasteiger charge is 2.33. The van der Waals surface area contributed by atoms with Crippen molar-refractivity contribution >= 4 is 17.2 Å². The van der Waals surface area contributed by atoms with Gasteiger partial charge in [-0.25, -0.2) is 0 Å². The summed E-state index contributed by atoms with van der Waals surface area (Å²) in [5, 5.41) is 5.40. The van der Waals surface area contributed by atoms with Gasteiger partial charge in [0.2, 0.25) is 5.91 Å². The summed E-state index contributed by atoms with van der Waals surface area (Å²) in [7, 11) is 0. The summed E-state index contributed by atoms with van der Waals surface area (Å²) in [6.45, 7) is 4.86. The predicted molar refractivity (Wildman–Crippen MR) is 72.9 cm³/mol. The summed E-state index contributed by atoms with van der Waals surface area (Å²) >= 11 is 1.70. The standard InChI is InChI=1S/C13H22N2OS/c1-3-5-8-13(4-2,12(14)16)15-10-11-7-6-9-17-11/h6-7,9,15H,3-5,8,10H2,1-2H3,(H2,14,16). The fraction of sp³-hybridized carbons (Fsp3) is 0.615. The zero-order valence-corrected chi connectivity index (χ0v) is 11.5. The topological polar surface area (TPSA) is 55.1 Å². The molecule has 1 amide bonds. The van der Waals surface area contributed by atoms with E-state index in [9.17, 15) is 4.79 Å². The van der Waals surface area contributed by atoms with Crippen LogP contribution in [0.1, 0.15) is 44.4 Å². The van der Waals surface area contributed by atoms with Crippen LogP contribution < -0.4 is 11.1 Å². The van der Waals surface area contributed by atoms with Gasteiger partial charge in [0, 0.05) is 11.4 Å². The average Bonchev–Trinajstić information content (AvgIpc) is 2.82. The molecule has 0 aliphatic carbocycles. The number of primary amides is 1. The Hall–Kier alpha value is -0.870. The molecule has 17 heavy (non-hydrogen) atoms. The van der Waals surface area contributed by atoms with E-state index in [1.807, 2.05) is 18.4 Å². The minimum absolute atomic E-state index is 0.231. The second-order valence-electron chi connectivity index (χ2n) is 4.34. The molecule has 0 aliphatic rings. The van der Waals surface area contributed by atoms with Crippen LogP contribution in [-0.2, 0) is 11.3 Å². The number of unbranched alkanes of at least 4 members (excludes halogenated alkanes) is 1. The number of nitrogens with two attached hydrogens (primary N) is 1. The molecule has 96 valence electrons. The minimum atomic E-state index is -0.542. The van der Waals surface area contributed by atoms with Gasteiger partial charge in [-0.15, -0.1) is 11.3 Å². The van der Waals surface area contributed by atoms with Crippen molar-refractivity contribution in [3.05, 3.63) is 22.4 Å². The zero-order valence-electron chi connectivity index (χ0n) is 10.7. The van der Waals surface area contributed by atoms with Crippen molar-refractivity contribution in [3.63, 3.8) is 0 Å². The fourth-order valence-electron chi connectivity index (χ4n) is 1.92. The molecule has 1 atom stereocenters. The number of thiophene rings is 1. The van der Waals surface area contributed by atoms with Crippen LogP contribution in [0.15, 0.2) is 17.5 Å². The molecule has 0 fully saturated rings. The van der Waals surface area contributed by atoms with Gasteiger partial charge >= 0.3 is 0 Å². The maximum Gasteiger partial charge on any atom is 0.237 e. The molecule has 1 aromatic heterocycles. The second-order valence-corrected chi connectivity index (χ2v) is 5.37. The third-order valence-corrected chi connectivity index (χ3v) is 4.09. The van der Waals surface area contributed by atoms with Crippen LogP contribution in [0.25, 0.3) is 0 Å². The molecular weight excluding hydrogens is 232 g/mol. The van der Waals surface area contributed by atoms with E-state index in [0.29, 0.717) is 0 Å². The molecule has 3 nitrogen and oxygen atoms in total. The fourth-order valence-corrected chi connectivity index (χ4v) is 2.57. The van der Waals surface area contributed by atoms with E-state index in [0.717, 1.165) is 32.2 Å². The van der Waals surface area contributed by atoms with Crippen LogP contribution in [0.4, 0.5) is 0 Å². The Morgan fingerprint density at radius 3 is 2.76 bits per heavy atom. The molecule has 0 aromatic carbocycles. The van der Waals surface area contributed by atoms with Crippen LogP contribution in [0.3, 0.4) is 0 Å². The molecule has 1 rings (SSSR count). The number of carbonyl (C=O) groups is 1. The summed E-state index contributed by atoms with van der Waals surface area (Å²) in [6.07, 6.45) is 3.67. The van der Waals surface area contributed by atoms with Crippen LogP contribution in [0.5, 0.6) is 0 Å². The number of hydrogen-bond acceptors (Lipinski definition) is 3. The first-order valence-electron chi connectivity index (χ1n) is 6.22. The Bertz CT molecular complexity index is 337. The number of hydrogen-bond donors (Lipinski definition) is 2. The lowest BCUT2D eigenvalue weighted by molar-refractivity contribution is -0.125. The Morgan fingerprint density at radius 1 is 1.53 bits per heavy atom. The maximum absolute atomic E-state index is 11.7. The quantitative estimate of drug-likeness (QED) is 0.749. The first-order chi connectivity index (χ1) is 8.14. The van der Waals surface area contributed by atoms with Gasteiger partial charge < -0.3 is 5.73 Å². The lowest BCUT2D eigenvalue weighted by atomic mass is 9.89. The van der Waals surface area contributed by atoms with Crippen molar-refractivity contribution in [2.45, 2.75) is 51.6 Å². The number of rotatable bonds is 8. The lowest BCUT2D eigenvalue weighted by Crippen LogP contribution is -2.54.